The van der Waals surface area contributed by atoms with E-state index in [1.165, 1.54) is 37.7 Å². The fraction of sp³-hybridized carbons (Fsp3) is 0.846. The quantitative estimate of drug-likeness (QED) is 0.392. The highest BCUT2D eigenvalue weighted by Gasteiger charge is 2.01. The van der Waals surface area contributed by atoms with Crippen LogP contribution in [-0.4, -0.2) is 0 Å². The predicted molar refractivity (Wildman–Crippen MR) is 61.9 cm³/mol. The van der Waals surface area contributed by atoms with Crippen LogP contribution in [0.25, 0.3) is 0 Å². The molecule has 0 aromatic heterocycles. The molecule has 78 valence electrons. The van der Waals surface area contributed by atoms with E-state index in [0.717, 1.165) is 5.92 Å². The van der Waals surface area contributed by atoms with E-state index < -0.39 is 0 Å². The second kappa shape index (κ2) is 7.17. The van der Waals surface area contributed by atoms with Crippen LogP contribution in [0, 0.1) is 11.8 Å². The largest absolute Gasteiger partial charge is 0.0996 e. The zero-order valence-electron chi connectivity index (χ0n) is 9.90. The minimum Gasteiger partial charge on any atom is -0.0996 e. The first-order valence-corrected chi connectivity index (χ1v) is 5.75. The summed E-state index contributed by atoms with van der Waals surface area (Å²) < 4.78 is 0. The summed E-state index contributed by atoms with van der Waals surface area (Å²) in [5.74, 6) is 1.58. The molecule has 0 aliphatic rings. The van der Waals surface area contributed by atoms with Crippen LogP contribution in [0.2, 0.25) is 0 Å². The maximum Gasteiger partial charge on any atom is -0.0263 e. The Morgan fingerprint density at radius 3 is 2.23 bits per heavy atom. The third-order valence-electron chi connectivity index (χ3n) is 2.96. The number of unbranched alkanes of at least 4 members (excludes halogenated alkanes) is 1. The van der Waals surface area contributed by atoms with E-state index in [2.05, 4.69) is 34.3 Å². The Labute approximate surface area is 84.4 Å². The first kappa shape index (κ1) is 12.7. The molecule has 0 aromatic rings. The maximum absolute atomic E-state index is 4.09. The average molecular weight is 182 g/mol. The molecule has 0 nitrogen and oxygen atoms in total. The van der Waals surface area contributed by atoms with Gasteiger partial charge in [0.2, 0.25) is 0 Å². The van der Waals surface area contributed by atoms with Crippen molar-refractivity contribution in [2.45, 2.75) is 59.8 Å². The van der Waals surface area contributed by atoms with Crippen LogP contribution in [0.1, 0.15) is 59.8 Å². The molecule has 1 atom stereocenters. The van der Waals surface area contributed by atoms with Crippen LogP contribution >= 0.6 is 0 Å². The molecule has 0 saturated carbocycles. The third kappa shape index (κ3) is 6.86. The van der Waals surface area contributed by atoms with Crippen LogP contribution in [0.15, 0.2) is 12.2 Å². The summed E-state index contributed by atoms with van der Waals surface area (Å²) in [5.41, 5.74) is 1.42. The van der Waals surface area contributed by atoms with Crippen molar-refractivity contribution in [1.29, 1.82) is 0 Å². The molecular formula is C13H26. The number of rotatable bonds is 7. The van der Waals surface area contributed by atoms with Gasteiger partial charge in [-0.1, -0.05) is 59.1 Å². The summed E-state index contributed by atoms with van der Waals surface area (Å²) in [6.07, 6.45) is 6.66. The Bertz CT molecular complexity index is 133. The van der Waals surface area contributed by atoms with Crippen molar-refractivity contribution < 1.29 is 0 Å². The Morgan fingerprint density at radius 1 is 1.15 bits per heavy atom. The maximum atomic E-state index is 4.09. The molecular weight excluding hydrogens is 156 g/mol. The monoisotopic (exact) mass is 182 g/mol. The Kier molecular flexibility index (Phi) is 7.03. The van der Waals surface area contributed by atoms with Gasteiger partial charge in [0.05, 0.1) is 0 Å². The van der Waals surface area contributed by atoms with Crippen molar-refractivity contribution in [3.05, 3.63) is 12.2 Å². The molecule has 0 heterocycles. The van der Waals surface area contributed by atoms with Gasteiger partial charge in [0, 0.05) is 0 Å². The van der Waals surface area contributed by atoms with Crippen LogP contribution in [0.3, 0.4) is 0 Å². The van der Waals surface area contributed by atoms with Crippen molar-refractivity contribution in [1.82, 2.24) is 0 Å². The third-order valence-corrected chi connectivity index (χ3v) is 2.96. The summed E-state index contributed by atoms with van der Waals surface area (Å²) in [4.78, 5) is 0. The number of allylic oxidation sites excluding steroid dienone is 1. The van der Waals surface area contributed by atoms with Crippen LogP contribution in [0.5, 0.6) is 0 Å². The average Bonchev–Trinajstić information content (AvgIpc) is 2.11. The van der Waals surface area contributed by atoms with E-state index in [-0.39, 0.29) is 0 Å². The lowest BCUT2D eigenvalue weighted by atomic mass is 9.96. The van der Waals surface area contributed by atoms with Crippen molar-refractivity contribution >= 4 is 0 Å². The summed E-state index contributed by atoms with van der Waals surface area (Å²) in [6, 6.07) is 0. The van der Waals surface area contributed by atoms with Gasteiger partial charge < -0.3 is 0 Å². The highest BCUT2D eigenvalue weighted by Crippen LogP contribution is 2.17. The SMILES string of the molecule is C=C(CCCCC(C)CC)C(C)C. The van der Waals surface area contributed by atoms with E-state index in [0.29, 0.717) is 5.92 Å². The highest BCUT2D eigenvalue weighted by atomic mass is 14.1. The lowest BCUT2D eigenvalue weighted by Gasteiger charge is -2.10. The first-order chi connectivity index (χ1) is 6.07. The van der Waals surface area contributed by atoms with Gasteiger partial charge in [-0.3, -0.25) is 0 Å². The standard InChI is InChI=1S/C13H26/c1-6-12(4)9-7-8-10-13(5)11(2)3/h11-12H,5-10H2,1-4H3. The second-order valence-corrected chi connectivity index (χ2v) is 4.57. The van der Waals surface area contributed by atoms with Crippen molar-refractivity contribution in [2.24, 2.45) is 11.8 Å². The molecule has 13 heavy (non-hydrogen) atoms. The van der Waals surface area contributed by atoms with Crippen molar-refractivity contribution in [2.75, 3.05) is 0 Å². The predicted octanol–water partition coefficient (Wildman–Crippen LogP) is 4.81. The molecule has 0 heteroatoms. The van der Waals surface area contributed by atoms with Gasteiger partial charge in [0.15, 0.2) is 0 Å². The van der Waals surface area contributed by atoms with Crippen LogP contribution < -0.4 is 0 Å². The van der Waals surface area contributed by atoms with Gasteiger partial charge in [-0.25, -0.2) is 0 Å². The van der Waals surface area contributed by atoms with Gasteiger partial charge in [0.25, 0.3) is 0 Å². The van der Waals surface area contributed by atoms with E-state index in [9.17, 15) is 0 Å². The lowest BCUT2D eigenvalue weighted by Crippen LogP contribution is -1.95. The molecule has 0 amide bonds. The minimum atomic E-state index is 0.670. The molecule has 0 spiro atoms. The van der Waals surface area contributed by atoms with Gasteiger partial charge in [-0.2, -0.15) is 0 Å². The molecule has 0 saturated heterocycles. The van der Waals surface area contributed by atoms with E-state index in [1.807, 2.05) is 0 Å². The van der Waals surface area contributed by atoms with Gasteiger partial charge >= 0.3 is 0 Å². The van der Waals surface area contributed by atoms with Gasteiger partial charge in [-0.05, 0) is 24.7 Å². The Hall–Kier alpha value is -0.260. The van der Waals surface area contributed by atoms with E-state index >= 15 is 0 Å². The molecule has 0 radical (unpaired) electrons. The van der Waals surface area contributed by atoms with E-state index in [4.69, 9.17) is 0 Å². The summed E-state index contributed by atoms with van der Waals surface area (Å²) in [6.45, 7) is 13.2. The molecule has 0 fully saturated rings. The molecule has 0 rings (SSSR count). The normalized spacial score (nSPS) is 13.3. The van der Waals surface area contributed by atoms with Crippen LogP contribution in [-0.2, 0) is 0 Å². The molecule has 1 unspecified atom stereocenters. The molecule has 0 aromatic carbocycles. The fourth-order valence-corrected chi connectivity index (χ4v) is 1.34. The zero-order chi connectivity index (χ0) is 10.3. The minimum absolute atomic E-state index is 0.670. The smallest absolute Gasteiger partial charge is 0.0263 e. The van der Waals surface area contributed by atoms with Crippen molar-refractivity contribution in [3.8, 4) is 0 Å². The zero-order valence-corrected chi connectivity index (χ0v) is 9.90. The van der Waals surface area contributed by atoms with Gasteiger partial charge in [0.1, 0.15) is 0 Å². The molecule has 0 N–H and O–H groups in total. The second-order valence-electron chi connectivity index (χ2n) is 4.57. The Morgan fingerprint density at radius 2 is 1.77 bits per heavy atom. The summed E-state index contributed by atoms with van der Waals surface area (Å²) in [5, 5.41) is 0. The Balaban J connectivity index is 3.31. The summed E-state index contributed by atoms with van der Waals surface area (Å²) >= 11 is 0. The molecule has 0 bridgehead atoms. The van der Waals surface area contributed by atoms with E-state index in [1.54, 1.807) is 0 Å². The van der Waals surface area contributed by atoms with Crippen molar-refractivity contribution in [3.63, 3.8) is 0 Å². The highest BCUT2D eigenvalue weighted by molar-refractivity contribution is 4.96. The lowest BCUT2D eigenvalue weighted by molar-refractivity contribution is 0.481. The molecule has 0 aliphatic carbocycles. The first-order valence-electron chi connectivity index (χ1n) is 5.75. The number of hydrogen-bond acceptors (Lipinski definition) is 0. The van der Waals surface area contributed by atoms with Gasteiger partial charge in [-0.15, -0.1) is 0 Å². The molecule has 0 aliphatic heterocycles. The number of hydrogen-bond donors (Lipinski definition) is 0. The summed E-state index contributed by atoms with van der Waals surface area (Å²) in [7, 11) is 0. The topological polar surface area (TPSA) is 0 Å². The van der Waals surface area contributed by atoms with Crippen LogP contribution in [0.4, 0.5) is 0 Å². The fourth-order valence-electron chi connectivity index (χ4n) is 1.34.